The molecule has 0 aliphatic rings. The number of rotatable bonds is 7. The van der Waals surface area contributed by atoms with Gasteiger partial charge in [-0.3, -0.25) is 9.59 Å². The highest BCUT2D eigenvalue weighted by molar-refractivity contribution is 6.31. The van der Waals surface area contributed by atoms with Crippen molar-refractivity contribution in [2.45, 2.75) is 26.1 Å². The Labute approximate surface area is 158 Å². The maximum atomic E-state index is 13.6. The molecule has 2 rings (SSSR count). The summed E-state index contributed by atoms with van der Waals surface area (Å²) in [5.74, 6) is -2.62. The average Bonchev–Trinajstić information content (AvgIpc) is 2.59. The quantitative estimate of drug-likeness (QED) is 0.621. The van der Waals surface area contributed by atoms with E-state index in [1.165, 1.54) is 36.4 Å². The summed E-state index contributed by atoms with van der Waals surface area (Å²) in [4.78, 5) is 23.3. The molecule has 0 N–H and O–H groups in total. The summed E-state index contributed by atoms with van der Waals surface area (Å²) in [6.45, 7) is -0.686. The van der Waals surface area contributed by atoms with E-state index in [4.69, 9.17) is 32.7 Å². The van der Waals surface area contributed by atoms with E-state index in [9.17, 15) is 18.4 Å². The monoisotopic (exact) mass is 402 g/mol. The molecule has 0 aliphatic heterocycles. The van der Waals surface area contributed by atoms with Crippen molar-refractivity contribution in [3.8, 4) is 0 Å². The normalized spacial score (nSPS) is 10.5. The van der Waals surface area contributed by atoms with Gasteiger partial charge in [-0.25, -0.2) is 8.78 Å². The lowest BCUT2D eigenvalue weighted by molar-refractivity contribution is -0.151. The van der Waals surface area contributed by atoms with E-state index in [1.54, 1.807) is 0 Å². The molecule has 0 spiro atoms. The molecule has 2 aromatic rings. The third-order valence-corrected chi connectivity index (χ3v) is 4.12. The van der Waals surface area contributed by atoms with Gasteiger partial charge < -0.3 is 9.47 Å². The Morgan fingerprint density at radius 1 is 0.769 bits per heavy atom. The van der Waals surface area contributed by atoms with Crippen LogP contribution in [0, 0.1) is 11.6 Å². The predicted molar refractivity (Wildman–Crippen MR) is 91.6 cm³/mol. The first kappa shape index (κ1) is 20.1. The van der Waals surface area contributed by atoms with Crippen LogP contribution in [0.15, 0.2) is 36.4 Å². The molecule has 4 nitrogen and oxygen atoms in total. The van der Waals surface area contributed by atoms with Crippen molar-refractivity contribution in [3.63, 3.8) is 0 Å². The number of halogens is 4. The molecule has 0 aromatic heterocycles. The summed E-state index contributed by atoms with van der Waals surface area (Å²) in [6.07, 6.45) is -0.536. The maximum absolute atomic E-state index is 13.6. The second-order valence-electron chi connectivity index (χ2n) is 5.22. The Balaban J connectivity index is 1.76. The Morgan fingerprint density at radius 2 is 1.15 bits per heavy atom. The summed E-state index contributed by atoms with van der Waals surface area (Å²) in [7, 11) is 0. The van der Waals surface area contributed by atoms with Gasteiger partial charge in [0.15, 0.2) is 0 Å². The van der Waals surface area contributed by atoms with E-state index in [-0.39, 0.29) is 47.2 Å². The van der Waals surface area contributed by atoms with E-state index in [1.807, 2.05) is 0 Å². The van der Waals surface area contributed by atoms with Crippen molar-refractivity contribution < 1.29 is 27.8 Å². The topological polar surface area (TPSA) is 52.6 Å². The van der Waals surface area contributed by atoms with Gasteiger partial charge in [0, 0.05) is 11.1 Å². The van der Waals surface area contributed by atoms with Gasteiger partial charge in [0.1, 0.15) is 24.8 Å². The van der Waals surface area contributed by atoms with Crippen LogP contribution in [0.1, 0.15) is 24.0 Å². The molecule has 138 valence electrons. The molecule has 0 amide bonds. The predicted octanol–water partition coefficient (Wildman–Crippen LogP) is 4.84. The SMILES string of the molecule is O=C(CCC(=O)OCc1c(F)cccc1Cl)OCc1c(F)cccc1Cl. The number of esters is 2. The molecule has 0 saturated carbocycles. The van der Waals surface area contributed by atoms with Crippen LogP contribution in [0.5, 0.6) is 0 Å². The third-order valence-electron chi connectivity index (χ3n) is 3.41. The van der Waals surface area contributed by atoms with E-state index in [0.717, 1.165) is 0 Å². The van der Waals surface area contributed by atoms with E-state index < -0.39 is 23.6 Å². The van der Waals surface area contributed by atoms with Gasteiger partial charge in [-0.1, -0.05) is 35.3 Å². The Hall–Kier alpha value is -2.18. The molecular formula is C18H14Cl2F2O4. The van der Waals surface area contributed by atoms with Crippen LogP contribution in [0.4, 0.5) is 8.78 Å². The fourth-order valence-corrected chi connectivity index (χ4v) is 2.43. The standard InChI is InChI=1S/C18H14Cl2F2O4/c19-13-3-1-5-15(21)11(13)9-25-17(23)7-8-18(24)26-10-12-14(20)4-2-6-16(12)22/h1-6H,7-10H2. The van der Waals surface area contributed by atoms with E-state index in [0.29, 0.717) is 0 Å². The smallest absolute Gasteiger partial charge is 0.306 e. The van der Waals surface area contributed by atoms with Crippen molar-refractivity contribution >= 4 is 35.1 Å². The average molecular weight is 403 g/mol. The molecule has 0 heterocycles. The van der Waals surface area contributed by atoms with Gasteiger partial charge in [-0.2, -0.15) is 0 Å². The fraction of sp³-hybridized carbons (Fsp3) is 0.222. The maximum Gasteiger partial charge on any atom is 0.306 e. The van der Waals surface area contributed by atoms with E-state index in [2.05, 4.69) is 0 Å². The number of hydrogen-bond acceptors (Lipinski definition) is 4. The van der Waals surface area contributed by atoms with Gasteiger partial charge in [0.25, 0.3) is 0 Å². The molecular weight excluding hydrogens is 389 g/mol. The lowest BCUT2D eigenvalue weighted by Gasteiger charge is -2.09. The van der Waals surface area contributed by atoms with Gasteiger partial charge in [-0.15, -0.1) is 0 Å². The first-order valence-corrected chi connectivity index (χ1v) is 8.31. The van der Waals surface area contributed by atoms with Crippen molar-refractivity contribution in [1.82, 2.24) is 0 Å². The van der Waals surface area contributed by atoms with Crippen LogP contribution in [0.2, 0.25) is 10.0 Å². The van der Waals surface area contributed by atoms with Crippen LogP contribution in [-0.4, -0.2) is 11.9 Å². The minimum Gasteiger partial charge on any atom is -0.461 e. The molecule has 26 heavy (non-hydrogen) atoms. The van der Waals surface area contributed by atoms with Gasteiger partial charge in [-0.05, 0) is 24.3 Å². The summed E-state index contributed by atoms with van der Waals surface area (Å²) in [5.41, 5.74) is 0.110. The lowest BCUT2D eigenvalue weighted by Crippen LogP contribution is -2.11. The fourth-order valence-electron chi connectivity index (χ4n) is 1.99. The minimum atomic E-state index is -0.717. The summed E-state index contributed by atoms with van der Waals surface area (Å²) in [6, 6.07) is 8.19. The summed E-state index contributed by atoms with van der Waals surface area (Å²) in [5, 5.41) is 0.276. The van der Waals surface area contributed by atoms with Crippen molar-refractivity contribution in [1.29, 1.82) is 0 Å². The zero-order chi connectivity index (χ0) is 19.1. The molecule has 2 aromatic carbocycles. The molecule has 0 fully saturated rings. The zero-order valence-electron chi connectivity index (χ0n) is 13.4. The summed E-state index contributed by atoms with van der Waals surface area (Å²) < 4.78 is 36.9. The largest absolute Gasteiger partial charge is 0.461 e. The molecule has 0 aliphatic carbocycles. The van der Waals surface area contributed by atoms with Crippen molar-refractivity contribution in [2.75, 3.05) is 0 Å². The van der Waals surface area contributed by atoms with Gasteiger partial charge >= 0.3 is 11.9 Å². The number of hydrogen-bond donors (Lipinski definition) is 0. The third kappa shape index (κ3) is 5.68. The highest BCUT2D eigenvalue weighted by Gasteiger charge is 2.14. The van der Waals surface area contributed by atoms with Crippen LogP contribution in [0.25, 0.3) is 0 Å². The lowest BCUT2D eigenvalue weighted by atomic mass is 10.2. The van der Waals surface area contributed by atoms with Crippen LogP contribution < -0.4 is 0 Å². The molecule has 0 radical (unpaired) electrons. The van der Waals surface area contributed by atoms with Crippen LogP contribution in [0.3, 0.4) is 0 Å². The van der Waals surface area contributed by atoms with Gasteiger partial charge in [0.05, 0.1) is 22.9 Å². The second-order valence-corrected chi connectivity index (χ2v) is 6.04. The summed E-state index contributed by atoms with van der Waals surface area (Å²) >= 11 is 11.6. The van der Waals surface area contributed by atoms with Gasteiger partial charge in [0.2, 0.25) is 0 Å². The highest BCUT2D eigenvalue weighted by atomic mass is 35.5. The van der Waals surface area contributed by atoms with E-state index >= 15 is 0 Å². The van der Waals surface area contributed by atoms with Crippen molar-refractivity contribution in [3.05, 3.63) is 69.2 Å². The molecule has 8 heteroatoms. The van der Waals surface area contributed by atoms with Crippen LogP contribution >= 0.6 is 23.2 Å². The minimum absolute atomic E-state index is 0.0549. The number of carbonyl (C=O) groups is 2. The van der Waals surface area contributed by atoms with Crippen molar-refractivity contribution in [2.24, 2.45) is 0 Å². The molecule has 0 bridgehead atoms. The highest BCUT2D eigenvalue weighted by Crippen LogP contribution is 2.21. The first-order chi connectivity index (χ1) is 12.4. The number of benzene rings is 2. The second kappa shape index (κ2) is 9.50. The Kier molecular flexibility index (Phi) is 7.36. The van der Waals surface area contributed by atoms with Crippen LogP contribution in [-0.2, 0) is 32.3 Å². The Bertz CT molecular complexity index is 704. The Morgan fingerprint density at radius 3 is 1.50 bits per heavy atom. The first-order valence-electron chi connectivity index (χ1n) is 7.55. The molecule has 0 saturated heterocycles. The number of carbonyl (C=O) groups excluding carboxylic acids is 2. The molecule has 0 atom stereocenters. The molecule has 0 unspecified atom stereocenters. The number of ether oxygens (including phenoxy) is 2. The zero-order valence-corrected chi connectivity index (χ0v) is 14.9.